The summed E-state index contributed by atoms with van der Waals surface area (Å²) in [7, 11) is 1.75. The summed E-state index contributed by atoms with van der Waals surface area (Å²) in [6.07, 6.45) is 4.81. The zero-order valence-corrected chi connectivity index (χ0v) is 14.9. The highest BCUT2D eigenvalue weighted by Crippen LogP contribution is 2.40. The molecule has 0 spiro atoms. The Morgan fingerprint density at radius 1 is 1.17 bits per heavy atom. The molecule has 4 rings (SSSR count). The quantitative estimate of drug-likeness (QED) is 0.799. The zero-order chi connectivity index (χ0) is 16.5. The minimum Gasteiger partial charge on any atom is -0.497 e. The molecular formula is C21H24ClNO. The van der Waals surface area contributed by atoms with Gasteiger partial charge in [-0.25, -0.2) is 0 Å². The molecule has 24 heavy (non-hydrogen) atoms. The van der Waals surface area contributed by atoms with Crippen molar-refractivity contribution in [1.29, 1.82) is 0 Å². The molecule has 2 aliphatic rings. The van der Waals surface area contributed by atoms with Gasteiger partial charge in [0.05, 0.1) is 7.11 Å². The SMILES string of the molecule is COc1ccc2c(c1)C(Cc1cccc(Cl)c1)C(N1CCC1)CC2. The molecule has 1 saturated heterocycles. The lowest BCUT2D eigenvalue weighted by Gasteiger charge is -2.45. The lowest BCUT2D eigenvalue weighted by molar-refractivity contribution is 0.0876. The number of benzene rings is 2. The number of fused-ring (bicyclic) bond motifs is 1. The van der Waals surface area contributed by atoms with Gasteiger partial charge in [0.15, 0.2) is 0 Å². The standard InChI is InChI=1S/C21H24ClNO/c1-24-18-8-6-16-7-9-21(23-10-3-11-23)20(19(16)14-18)13-15-4-2-5-17(22)12-15/h2,4-6,8,12,14,20-21H,3,7,9-11,13H2,1H3. The van der Waals surface area contributed by atoms with Gasteiger partial charge in [-0.15, -0.1) is 0 Å². The maximum Gasteiger partial charge on any atom is 0.119 e. The molecule has 2 aromatic rings. The van der Waals surface area contributed by atoms with Crippen LogP contribution in [0.25, 0.3) is 0 Å². The fraction of sp³-hybridized carbons (Fsp3) is 0.429. The van der Waals surface area contributed by atoms with Crippen LogP contribution in [-0.2, 0) is 12.8 Å². The molecule has 0 bridgehead atoms. The van der Waals surface area contributed by atoms with Gasteiger partial charge in [-0.2, -0.15) is 0 Å². The Balaban J connectivity index is 1.70. The van der Waals surface area contributed by atoms with E-state index >= 15 is 0 Å². The summed E-state index contributed by atoms with van der Waals surface area (Å²) in [6.45, 7) is 2.49. The van der Waals surface area contributed by atoms with Crippen molar-refractivity contribution in [2.24, 2.45) is 0 Å². The van der Waals surface area contributed by atoms with Gasteiger partial charge in [0, 0.05) is 17.0 Å². The van der Waals surface area contributed by atoms with Crippen LogP contribution in [0, 0.1) is 0 Å². The summed E-state index contributed by atoms with van der Waals surface area (Å²) in [4.78, 5) is 2.66. The van der Waals surface area contributed by atoms with Crippen molar-refractivity contribution in [1.82, 2.24) is 4.90 Å². The van der Waals surface area contributed by atoms with E-state index in [1.54, 1.807) is 7.11 Å². The number of hydrogen-bond acceptors (Lipinski definition) is 2. The first-order chi connectivity index (χ1) is 11.7. The van der Waals surface area contributed by atoms with E-state index in [4.69, 9.17) is 16.3 Å². The van der Waals surface area contributed by atoms with Crippen LogP contribution in [0.1, 0.15) is 35.4 Å². The molecule has 1 fully saturated rings. The van der Waals surface area contributed by atoms with Crippen molar-refractivity contribution in [3.05, 3.63) is 64.2 Å². The number of rotatable bonds is 4. The first kappa shape index (κ1) is 16.0. The maximum atomic E-state index is 6.22. The molecule has 2 nitrogen and oxygen atoms in total. The van der Waals surface area contributed by atoms with Crippen LogP contribution < -0.4 is 4.74 Å². The fourth-order valence-electron chi connectivity index (χ4n) is 4.26. The summed E-state index contributed by atoms with van der Waals surface area (Å²) < 4.78 is 5.50. The molecule has 126 valence electrons. The molecule has 0 amide bonds. The van der Waals surface area contributed by atoms with Crippen LogP contribution in [0.5, 0.6) is 5.75 Å². The van der Waals surface area contributed by atoms with Gasteiger partial charge in [0.2, 0.25) is 0 Å². The van der Waals surface area contributed by atoms with Gasteiger partial charge < -0.3 is 4.74 Å². The molecule has 3 heteroatoms. The van der Waals surface area contributed by atoms with E-state index in [0.717, 1.165) is 17.2 Å². The lowest BCUT2D eigenvalue weighted by Crippen LogP contribution is -2.49. The highest BCUT2D eigenvalue weighted by molar-refractivity contribution is 6.30. The van der Waals surface area contributed by atoms with Crippen LogP contribution in [0.15, 0.2) is 42.5 Å². The molecule has 0 aromatic heterocycles. The second kappa shape index (κ2) is 6.78. The maximum absolute atomic E-state index is 6.22. The third-order valence-electron chi connectivity index (χ3n) is 5.63. The van der Waals surface area contributed by atoms with Gasteiger partial charge in [-0.1, -0.05) is 29.8 Å². The third kappa shape index (κ3) is 3.05. The smallest absolute Gasteiger partial charge is 0.119 e. The van der Waals surface area contributed by atoms with Gasteiger partial charge in [0.1, 0.15) is 5.75 Å². The number of ether oxygens (including phenoxy) is 1. The Labute approximate surface area is 149 Å². The topological polar surface area (TPSA) is 12.5 Å². The van der Waals surface area contributed by atoms with E-state index < -0.39 is 0 Å². The highest BCUT2D eigenvalue weighted by Gasteiger charge is 2.35. The van der Waals surface area contributed by atoms with E-state index in [9.17, 15) is 0 Å². The van der Waals surface area contributed by atoms with Crippen molar-refractivity contribution >= 4 is 11.6 Å². The van der Waals surface area contributed by atoms with Crippen LogP contribution >= 0.6 is 11.6 Å². The molecule has 2 aromatic carbocycles. The Morgan fingerprint density at radius 3 is 2.75 bits per heavy atom. The van der Waals surface area contributed by atoms with E-state index in [-0.39, 0.29) is 0 Å². The fourth-order valence-corrected chi connectivity index (χ4v) is 4.47. The van der Waals surface area contributed by atoms with Crippen LogP contribution in [0.2, 0.25) is 5.02 Å². The summed E-state index contributed by atoms with van der Waals surface area (Å²) >= 11 is 6.22. The molecule has 1 heterocycles. The van der Waals surface area contributed by atoms with Gasteiger partial charge >= 0.3 is 0 Å². The van der Waals surface area contributed by atoms with E-state index in [1.807, 2.05) is 6.07 Å². The molecule has 0 radical (unpaired) electrons. The van der Waals surface area contributed by atoms with E-state index in [2.05, 4.69) is 41.3 Å². The number of likely N-dealkylation sites (tertiary alicyclic amines) is 1. The predicted molar refractivity (Wildman–Crippen MR) is 99.2 cm³/mol. The average Bonchev–Trinajstić information content (AvgIpc) is 2.55. The third-order valence-corrected chi connectivity index (χ3v) is 5.87. The van der Waals surface area contributed by atoms with Crippen molar-refractivity contribution in [3.8, 4) is 5.75 Å². The largest absolute Gasteiger partial charge is 0.497 e. The minimum absolute atomic E-state index is 0.516. The van der Waals surface area contributed by atoms with Crippen molar-refractivity contribution in [2.75, 3.05) is 20.2 Å². The van der Waals surface area contributed by atoms with Crippen LogP contribution in [0.3, 0.4) is 0 Å². The van der Waals surface area contributed by atoms with Crippen LogP contribution in [0.4, 0.5) is 0 Å². The number of aryl methyl sites for hydroxylation is 1. The Bertz CT molecular complexity index is 726. The summed E-state index contributed by atoms with van der Waals surface area (Å²) in [5.41, 5.74) is 4.28. The second-order valence-electron chi connectivity index (χ2n) is 7.00. The average molecular weight is 342 g/mol. The Morgan fingerprint density at radius 2 is 2.04 bits per heavy atom. The lowest BCUT2D eigenvalue weighted by atomic mass is 9.75. The van der Waals surface area contributed by atoms with E-state index in [1.165, 1.54) is 49.0 Å². The second-order valence-corrected chi connectivity index (χ2v) is 7.44. The Kier molecular flexibility index (Phi) is 4.51. The molecule has 0 N–H and O–H groups in total. The summed E-state index contributed by atoms with van der Waals surface area (Å²) in [6, 6.07) is 15.6. The Hall–Kier alpha value is -1.51. The first-order valence-electron chi connectivity index (χ1n) is 8.90. The molecule has 1 aliphatic carbocycles. The summed E-state index contributed by atoms with van der Waals surface area (Å²) in [5, 5.41) is 0.828. The molecule has 2 atom stereocenters. The van der Waals surface area contributed by atoms with Gasteiger partial charge in [-0.05, 0) is 79.7 Å². The highest BCUT2D eigenvalue weighted by atomic mass is 35.5. The number of nitrogens with zero attached hydrogens (tertiary/aromatic N) is 1. The van der Waals surface area contributed by atoms with Crippen molar-refractivity contribution in [2.45, 2.75) is 37.6 Å². The zero-order valence-electron chi connectivity index (χ0n) is 14.2. The normalized spacial score (nSPS) is 23.4. The molecule has 0 saturated carbocycles. The van der Waals surface area contributed by atoms with Gasteiger partial charge in [-0.3, -0.25) is 4.90 Å². The number of halogens is 1. The first-order valence-corrected chi connectivity index (χ1v) is 9.27. The molecular weight excluding hydrogens is 318 g/mol. The minimum atomic E-state index is 0.516. The van der Waals surface area contributed by atoms with Crippen LogP contribution in [-0.4, -0.2) is 31.1 Å². The van der Waals surface area contributed by atoms with Gasteiger partial charge in [0.25, 0.3) is 0 Å². The van der Waals surface area contributed by atoms with Crippen molar-refractivity contribution < 1.29 is 4.74 Å². The number of hydrogen-bond donors (Lipinski definition) is 0. The summed E-state index contributed by atoms with van der Waals surface area (Å²) in [5.74, 6) is 1.48. The monoisotopic (exact) mass is 341 g/mol. The number of methoxy groups -OCH3 is 1. The van der Waals surface area contributed by atoms with Crippen molar-refractivity contribution in [3.63, 3.8) is 0 Å². The predicted octanol–water partition coefficient (Wildman–Crippen LogP) is 4.70. The molecule has 2 unspecified atom stereocenters. The molecule has 1 aliphatic heterocycles. The van der Waals surface area contributed by atoms with E-state index in [0.29, 0.717) is 12.0 Å².